The summed E-state index contributed by atoms with van der Waals surface area (Å²) < 4.78 is 49.2. The van der Waals surface area contributed by atoms with Crippen LogP contribution in [0.3, 0.4) is 0 Å². The van der Waals surface area contributed by atoms with Crippen LogP contribution < -0.4 is 0 Å². The van der Waals surface area contributed by atoms with Crippen LogP contribution in [0.15, 0.2) is 47.4 Å². The van der Waals surface area contributed by atoms with Gasteiger partial charge in [-0.15, -0.1) is 0 Å². The molecule has 0 spiro atoms. The van der Waals surface area contributed by atoms with E-state index >= 15 is 0 Å². The summed E-state index contributed by atoms with van der Waals surface area (Å²) in [5, 5.41) is 0. The molecule has 0 aliphatic carbocycles. The average Bonchev–Trinajstić information content (AvgIpc) is 2.54. The first-order chi connectivity index (χ1) is 11.1. The maximum absolute atomic E-state index is 13.3. The third-order valence-electron chi connectivity index (χ3n) is 3.86. The Morgan fingerprint density at radius 3 is 2.12 bits per heavy atom. The summed E-state index contributed by atoms with van der Waals surface area (Å²) in [5.41, 5.74) is 0.761. The summed E-state index contributed by atoms with van der Waals surface area (Å²) in [6.07, 6.45) is 1.08. The highest BCUT2D eigenvalue weighted by Gasteiger charge is 2.20. The van der Waals surface area contributed by atoms with Crippen LogP contribution in [0.1, 0.15) is 28.9 Å². The summed E-state index contributed by atoms with van der Waals surface area (Å²) in [6, 6.07) is 8.57. The zero-order valence-electron chi connectivity index (χ0n) is 13.5. The van der Waals surface area contributed by atoms with Crippen LogP contribution in [0.25, 0.3) is 0 Å². The van der Waals surface area contributed by atoms with Gasteiger partial charge < -0.3 is 4.90 Å². The van der Waals surface area contributed by atoms with Gasteiger partial charge in [-0.3, -0.25) is 4.79 Å². The molecule has 0 bridgehead atoms. The summed E-state index contributed by atoms with van der Waals surface area (Å²) in [4.78, 5) is 14.0. The second-order valence-electron chi connectivity index (χ2n) is 5.56. The van der Waals surface area contributed by atoms with Gasteiger partial charge in [0.1, 0.15) is 0 Å². The Labute approximate surface area is 139 Å². The highest BCUT2D eigenvalue weighted by atomic mass is 32.2. The van der Waals surface area contributed by atoms with Crippen molar-refractivity contribution in [1.82, 2.24) is 4.90 Å². The standard InChI is InChI=1S/C17H17F2NO3S/c1-11(13-6-9-15(18)16(19)10-13)20(2)17(21)12-4-7-14(8-5-12)24(3,22)23/h4-11H,1-3H3. The van der Waals surface area contributed by atoms with E-state index in [1.807, 2.05) is 0 Å². The molecule has 1 amide bonds. The fourth-order valence-corrected chi connectivity index (χ4v) is 2.85. The molecule has 0 heterocycles. The molecule has 24 heavy (non-hydrogen) atoms. The lowest BCUT2D eigenvalue weighted by molar-refractivity contribution is 0.0742. The van der Waals surface area contributed by atoms with Gasteiger partial charge >= 0.3 is 0 Å². The molecule has 1 unspecified atom stereocenters. The van der Waals surface area contributed by atoms with Crippen molar-refractivity contribution in [3.05, 3.63) is 65.2 Å². The molecule has 2 rings (SSSR count). The van der Waals surface area contributed by atoms with Crippen molar-refractivity contribution in [1.29, 1.82) is 0 Å². The maximum Gasteiger partial charge on any atom is 0.254 e. The lowest BCUT2D eigenvalue weighted by Gasteiger charge is -2.25. The molecular formula is C17H17F2NO3S. The SMILES string of the molecule is CC(c1ccc(F)c(F)c1)N(C)C(=O)c1ccc(S(C)(=O)=O)cc1. The van der Waals surface area contributed by atoms with E-state index in [1.165, 1.54) is 35.2 Å². The predicted octanol–water partition coefficient (Wildman–Crippen LogP) is 3.20. The van der Waals surface area contributed by atoms with Crippen LogP contribution in [-0.4, -0.2) is 32.5 Å². The first kappa shape index (κ1) is 18.1. The van der Waals surface area contributed by atoms with Crippen LogP contribution in [0.4, 0.5) is 8.78 Å². The maximum atomic E-state index is 13.3. The molecule has 2 aromatic rings. The fourth-order valence-electron chi connectivity index (χ4n) is 2.22. The summed E-state index contributed by atoms with van der Waals surface area (Å²) in [6.45, 7) is 1.69. The van der Waals surface area contributed by atoms with E-state index in [0.29, 0.717) is 11.1 Å². The van der Waals surface area contributed by atoms with E-state index in [-0.39, 0.29) is 10.8 Å². The molecule has 0 aromatic heterocycles. The molecule has 7 heteroatoms. The summed E-state index contributed by atoms with van der Waals surface area (Å²) in [5.74, 6) is -2.28. The minimum absolute atomic E-state index is 0.121. The topological polar surface area (TPSA) is 54.5 Å². The average molecular weight is 353 g/mol. The minimum Gasteiger partial charge on any atom is -0.335 e. The quantitative estimate of drug-likeness (QED) is 0.848. The Morgan fingerprint density at radius 2 is 1.62 bits per heavy atom. The van der Waals surface area contributed by atoms with Crippen LogP contribution >= 0.6 is 0 Å². The van der Waals surface area contributed by atoms with E-state index < -0.39 is 27.5 Å². The molecule has 0 fully saturated rings. The van der Waals surface area contributed by atoms with Crippen LogP contribution in [0, 0.1) is 11.6 Å². The molecule has 2 aromatic carbocycles. The predicted molar refractivity (Wildman–Crippen MR) is 86.4 cm³/mol. The molecule has 0 aliphatic rings. The third kappa shape index (κ3) is 3.79. The number of benzene rings is 2. The van der Waals surface area contributed by atoms with Gasteiger partial charge in [0.05, 0.1) is 10.9 Å². The molecule has 0 saturated carbocycles. The number of sulfone groups is 1. The Bertz CT molecular complexity index is 864. The first-order valence-electron chi connectivity index (χ1n) is 7.13. The molecular weight excluding hydrogens is 336 g/mol. The number of amides is 1. The Balaban J connectivity index is 2.23. The van der Waals surface area contributed by atoms with Crippen LogP contribution in [0.2, 0.25) is 0 Å². The molecule has 0 aliphatic heterocycles. The van der Waals surface area contributed by atoms with Gasteiger partial charge in [-0.25, -0.2) is 17.2 Å². The third-order valence-corrected chi connectivity index (χ3v) is 4.99. The van der Waals surface area contributed by atoms with Gasteiger partial charge in [-0.2, -0.15) is 0 Å². The number of rotatable bonds is 4. The van der Waals surface area contributed by atoms with Gasteiger partial charge in [0.15, 0.2) is 21.5 Å². The molecule has 128 valence electrons. The lowest BCUT2D eigenvalue weighted by atomic mass is 10.1. The van der Waals surface area contributed by atoms with Gasteiger partial charge in [-0.05, 0) is 48.9 Å². The van der Waals surface area contributed by atoms with E-state index in [0.717, 1.165) is 18.4 Å². The van der Waals surface area contributed by atoms with E-state index in [1.54, 1.807) is 14.0 Å². The second-order valence-corrected chi connectivity index (χ2v) is 7.58. The number of hydrogen-bond acceptors (Lipinski definition) is 3. The largest absolute Gasteiger partial charge is 0.335 e. The lowest BCUT2D eigenvalue weighted by Crippen LogP contribution is -2.29. The number of carbonyl (C=O) groups is 1. The monoisotopic (exact) mass is 353 g/mol. The van der Waals surface area contributed by atoms with Crippen LogP contribution in [-0.2, 0) is 9.84 Å². The minimum atomic E-state index is -3.34. The van der Waals surface area contributed by atoms with E-state index in [9.17, 15) is 22.0 Å². The number of halogens is 2. The zero-order chi connectivity index (χ0) is 18.1. The smallest absolute Gasteiger partial charge is 0.254 e. The summed E-state index contributed by atoms with van der Waals surface area (Å²) >= 11 is 0. The first-order valence-corrected chi connectivity index (χ1v) is 9.02. The fraction of sp³-hybridized carbons (Fsp3) is 0.235. The van der Waals surface area contributed by atoms with E-state index in [4.69, 9.17) is 0 Å². The van der Waals surface area contributed by atoms with Crippen molar-refractivity contribution in [2.75, 3.05) is 13.3 Å². The highest BCUT2D eigenvalue weighted by molar-refractivity contribution is 7.90. The van der Waals surface area contributed by atoms with Gasteiger partial charge in [0, 0.05) is 18.9 Å². The van der Waals surface area contributed by atoms with Crippen molar-refractivity contribution in [2.45, 2.75) is 17.9 Å². The van der Waals surface area contributed by atoms with Gasteiger partial charge in [0.2, 0.25) is 0 Å². The second kappa shape index (κ2) is 6.68. The molecule has 0 N–H and O–H groups in total. The summed E-state index contributed by atoms with van der Waals surface area (Å²) in [7, 11) is -1.80. The number of hydrogen-bond donors (Lipinski definition) is 0. The number of carbonyl (C=O) groups excluding carboxylic acids is 1. The van der Waals surface area contributed by atoms with Gasteiger partial charge in [-0.1, -0.05) is 6.07 Å². The van der Waals surface area contributed by atoms with Gasteiger partial charge in [0.25, 0.3) is 5.91 Å². The highest BCUT2D eigenvalue weighted by Crippen LogP contribution is 2.23. The number of nitrogens with zero attached hydrogens (tertiary/aromatic N) is 1. The van der Waals surface area contributed by atoms with Crippen molar-refractivity contribution < 1.29 is 22.0 Å². The molecule has 4 nitrogen and oxygen atoms in total. The van der Waals surface area contributed by atoms with Crippen molar-refractivity contribution in [2.24, 2.45) is 0 Å². The Hall–Kier alpha value is -2.28. The van der Waals surface area contributed by atoms with Crippen molar-refractivity contribution >= 4 is 15.7 Å². The van der Waals surface area contributed by atoms with Crippen molar-refractivity contribution in [3.8, 4) is 0 Å². The normalized spacial score (nSPS) is 12.7. The van der Waals surface area contributed by atoms with Crippen LogP contribution in [0.5, 0.6) is 0 Å². The Morgan fingerprint density at radius 1 is 1.04 bits per heavy atom. The molecule has 0 saturated heterocycles. The Kier molecular flexibility index (Phi) is 5.03. The molecule has 0 radical (unpaired) electrons. The molecule has 1 atom stereocenters. The zero-order valence-corrected chi connectivity index (χ0v) is 14.3. The van der Waals surface area contributed by atoms with Crippen molar-refractivity contribution in [3.63, 3.8) is 0 Å². The van der Waals surface area contributed by atoms with E-state index in [2.05, 4.69) is 0 Å².